The van der Waals surface area contributed by atoms with Gasteiger partial charge in [-0.25, -0.2) is 0 Å². The number of methoxy groups -OCH3 is 1. The number of H-pyrrole nitrogens is 1. The van der Waals surface area contributed by atoms with E-state index in [1.165, 1.54) is 36.9 Å². The van der Waals surface area contributed by atoms with E-state index >= 15 is 0 Å². The molecule has 2 aliphatic heterocycles. The van der Waals surface area contributed by atoms with Crippen LogP contribution in [0.4, 0.5) is 21.5 Å². The van der Waals surface area contributed by atoms with Gasteiger partial charge in [0.15, 0.2) is 0 Å². The molecule has 4 heterocycles. The van der Waals surface area contributed by atoms with Crippen molar-refractivity contribution in [2.45, 2.75) is 29.6 Å². The maximum atomic E-state index is 14.5. The van der Waals surface area contributed by atoms with Gasteiger partial charge in [0, 0.05) is 0 Å². The number of hydrogen-bond acceptors (Lipinski definition) is 5. The van der Waals surface area contributed by atoms with Crippen molar-refractivity contribution in [2.24, 2.45) is 0 Å². The van der Waals surface area contributed by atoms with Crippen LogP contribution < -0.4 is 41.9 Å². The molecule has 0 fully saturated rings. The average molecular weight is 576 g/mol. The van der Waals surface area contributed by atoms with Crippen LogP contribution in [0.15, 0.2) is 36.7 Å². The van der Waals surface area contributed by atoms with E-state index in [-0.39, 0.29) is 32.9 Å². The van der Waals surface area contributed by atoms with Gasteiger partial charge in [-0.05, 0) is 0 Å². The standard InChI is InChI=1S/C25H28FIN5O2/c1-34-24-16(26)7-6-8-18(24)31-23-20-22-17(13-30-25(20)33)27-10-4-2-3-5-11-29-19-14-28-12-9-15(19)21(23)32-22/h6-9,12,14,17,29,31-32H,2-5,10-11,13H2,1H3,(H,30,33)/q-1/t17-/m1/s1. The van der Waals surface area contributed by atoms with Gasteiger partial charge in [-0.2, -0.15) is 0 Å². The second kappa shape index (κ2) is 10.2. The van der Waals surface area contributed by atoms with Gasteiger partial charge < -0.3 is 0 Å². The summed E-state index contributed by atoms with van der Waals surface area (Å²) in [5, 5.41) is 9.97. The zero-order valence-corrected chi connectivity index (χ0v) is 21.2. The van der Waals surface area contributed by atoms with Crippen molar-refractivity contribution in [3.63, 3.8) is 0 Å². The summed E-state index contributed by atoms with van der Waals surface area (Å²) >= 11 is -0.144. The van der Waals surface area contributed by atoms with Gasteiger partial charge in [-0.15, -0.1) is 0 Å². The monoisotopic (exact) mass is 576 g/mol. The molecule has 1 amide bonds. The topological polar surface area (TPSA) is 91.1 Å². The molecule has 2 bridgehead atoms. The Morgan fingerprint density at radius 2 is 2.06 bits per heavy atom. The number of anilines is 3. The van der Waals surface area contributed by atoms with E-state index in [2.05, 4.69) is 25.9 Å². The first-order valence-electron chi connectivity index (χ1n) is 11.6. The van der Waals surface area contributed by atoms with Crippen molar-refractivity contribution in [1.82, 2.24) is 15.3 Å². The van der Waals surface area contributed by atoms with Crippen LogP contribution in [0.3, 0.4) is 0 Å². The van der Waals surface area contributed by atoms with E-state index in [4.69, 9.17) is 4.74 Å². The summed E-state index contributed by atoms with van der Waals surface area (Å²) in [5.41, 5.74) is 5.30. The molecule has 3 aromatic rings. The van der Waals surface area contributed by atoms with Crippen molar-refractivity contribution >= 4 is 23.0 Å². The van der Waals surface area contributed by atoms with Crippen LogP contribution in [0, 0.1) is 5.82 Å². The van der Waals surface area contributed by atoms with Gasteiger partial charge in [0.05, 0.1) is 0 Å². The number of rotatable bonds is 3. The van der Waals surface area contributed by atoms with E-state index in [9.17, 15) is 9.18 Å². The number of pyridine rings is 1. The number of fused-ring (bicyclic) bond motifs is 3. The zero-order valence-electron chi connectivity index (χ0n) is 19.0. The molecule has 0 saturated carbocycles. The predicted octanol–water partition coefficient (Wildman–Crippen LogP) is 1.83. The third-order valence-corrected chi connectivity index (χ3v) is 9.72. The van der Waals surface area contributed by atoms with Crippen LogP contribution in [0.5, 0.6) is 5.75 Å². The van der Waals surface area contributed by atoms with Crippen LogP contribution in [-0.2, 0) is 0 Å². The summed E-state index contributed by atoms with van der Waals surface area (Å²) in [6, 6.07) is 6.69. The summed E-state index contributed by atoms with van der Waals surface area (Å²) in [5.74, 6) is -0.470. The van der Waals surface area contributed by atoms with Crippen LogP contribution in [0.2, 0.25) is 0 Å². The molecule has 1 atom stereocenters. The Morgan fingerprint density at radius 3 is 2.94 bits per heavy atom. The number of nitrogens with zero attached hydrogens (tertiary/aromatic N) is 1. The number of benzene rings is 1. The molecule has 0 saturated heterocycles. The van der Waals surface area contributed by atoms with E-state index in [1.807, 2.05) is 12.3 Å². The maximum absolute atomic E-state index is 14.5. The number of ether oxygens (including phenoxy) is 1. The quantitative estimate of drug-likeness (QED) is 0.282. The second-order valence-corrected chi connectivity index (χ2v) is 11.9. The van der Waals surface area contributed by atoms with Crippen LogP contribution in [0.25, 0.3) is 11.3 Å². The third-order valence-electron chi connectivity index (χ3n) is 6.20. The summed E-state index contributed by atoms with van der Waals surface area (Å²) in [6.45, 7) is 1.51. The van der Waals surface area contributed by atoms with Gasteiger partial charge in [0.2, 0.25) is 0 Å². The van der Waals surface area contributed by atoms with E-state index in [0.717, 1.165) is 35.6 Å². The molecule has 5 rings (SSSR count). The Kier molecular flexibility index (Phi) is 6.89. The second-order valence-electron chi connectivity index (χ2n) is 8.39. The van der Waals surface area contributed by atoms with Crippen LogP contribution >= 0.6 is 0 Å². The number of alkyl halides is 2. The number of aromatic nitrogens is 2. The van der Waals surface area contributed by atoms with E-state index < -0.39 is 5.82 Å². The summed E-state index contributed by atoms with van der Waals surface area (Å²) < 4.78 is 21.3. The molecule has 0 radical (unpaired) electrons. The number of carbonyl (C=O) groups excluding carboxylic acids is 1. The Morgan fingerprint density at radius 1 is 1.18 bits per heavy atom. The number of hydrogen-bond donors (Lipinski definition) is 4. The fraction of sp³-hybridized carbons (Fsp3) is 0.360. The number of amides is 1. The fourth-order valence-electron chi connectivity index (χ4n) is 4.53. The SMILES string of the molecule is COc1c(F)cccc1Nc1c2[nH]c3c1C(=O)NC[C@H]3[I-]CCCCCCNc1cnccc1-2. The fourth-order valence-corrected chi connectivity index (χ4v) is 7.70. The normalized spacial score (nSPS) is 18.4. The summed E-state index contributed by atoms with van der Waals surface area (Å²) in [4.78, 5) is 21.1. The molecule has 0 spiro atoms. The van der Waals surface area contributed by atoms with Crippen molar-refractivity contribution in [3.05, 3.63) is 53.7 Å². The minimum atomic E-state index is -0.462. The summed E-state index contributed by atoms with van der Waals surface area (Å²) in [6.07, 6.45) is 8.33. The Hall–Kier alpha value is -2.82. The number of nitrogens with one attached hydrogen (secondary N) is 4. The predicted molar refractivity (Wildman–Crippen MR) is 127 cm³/mol. The van der Waals surface area contributed by atoms with Gasteiger partial charge >= 0.3 is 209 Å². The molecule has 0 aliphatic carbocycles. The first-order valence-corrected chi connectivity index (χ1v) is 14.3. The van der Waals surface area contributed by atoms with Crippen molar-refractivity contribution in [3.8, 4) is 17.0 Å². The molecule has 180 valence electrons. The number of halogens is 2. The number of para-hydroxylation sites is 1. The van der Waals surface area contributed by atoms with Gasteiger partial charge in [-0.3, -0.25) is 0 Å². The molecule has 1 aromatic carbocycles. The molecule has 9 heteroatoms. The molecule has 34 heavy (non-hydrogen) atoms. The first-order chi connectivity index (χ1) is 16.7. The molecule has 7 nitrogen and oxygen atoms in total. The Balaban J connectivity index is 1.69. The van der Waals surface area contributed by atoms with Crippen molar-refractivity contribution in [2.75, 3.05) is 35.3 Å². The van der Waals surface area contributed by atoms with Crippen LogP contribution in [-0.4, -0.2) is 40.5 Å². The van der Waals surface area contributed by atoms with Gasteiger partial charge in [0.1, 0.15) is 0 Å². The number of aromatic amines is 1. The molecule has 2 aromatic heterocycles. The van der Waals surface area contributed by atoms with Crippen molar-refractivity contribution in [1.29, 1.82) is 0 Å². The third kappa shape index (κ3) is 4.45. The molecule has 2 aliphatic rings. The van der Waals surface area contributed by atoms with Crippen molar-refractivity contribution < 1.29 is 35.1 Å². The van der Waals surface area contributed by atoms with Gasteiger partial charge in [0.25, 0.3) is 0 Å². The minimum absolute atomic E-state index is 0.113. The Bertz CT molecular complexity index is 1200. The summed E-state index contributed by atoms with van der Waals surface area (Å²) in [7, 11) is 1.44. The first kappa shape index (κ1) is 22.9. The molecule has 0 unspecified atom stereocenters. The van der Waals surface area contributed by atoms with Gasteiger partial charge in [-0.1, -0.05) is 0 Å². The van der Waals surface area contributed by atoms with E-state index in [0.29, 0.717) is 27.4 Å². The Labute approximate surface area is 208 Å². The number of carbonyl (C=O) groups is 1. The molecule has 4 N–H and O–H groups in total. The van der Waals surface area contributed by atoms with E-state index in [1.54, 1.807) is 18.3 Å². The molecular weight excluding hydrogens is 548 g/mol. The average Bonchev–Trinajstić information content (AvgIpc) is 3.22. The zero-order chi connectivity index (χ0) is 23.5. The van der Waals surface area contributed by atoms with Crippen LogP contribution in [0.1, 0.15) is 45.7 Å². The molecular formula is C25H28FIN5O2-.